The lowest BCUT2D eigenvalue weighted by Crippen LogP contribution is -2.22. The molecule has 0 bridgehead atoms. The third kappa shape index (κ3) is 4.09. The van der Waals surface area contributed by atoms with Gasteiger partial charge in [0.15, 0.2) is 0 Å². The van der Waals surface area contributed by atoms with Crippen LogP contribution in [0.25, 0.3) is 11.5 Å². The predicted molar refractivity (Wildman–Crippen MR) is 96.6 cm³/mol. The van der Waals surface area contributed by atoms with Crippen LogP contribution in [-0.4, -0.2) is 37.0 Å². The Labute approximate surface area is 150 Å². The molecule has 1 heterocycles. The normalized spacial score (nSPS) is 11.8. The first-order valence-electron chi connectivity index (χ1n) is 7.50. The largest absolute Gasteiger partial charge is 0.411 e. The molecule has 130 valence electrons. The zero-order valence-electron chi connectivity index (χ0n) is 13.8. The molecule has 0 atom stereocenters. The molecule has 0 spiro atoms. The maximum Gasteiger partial charge on any atom is 0.277 e. The Morgan fingerprint density at radius 1 is 1.04 bits per heavy atom. The molecule has 0 saturated carbocycles. The van der Waals surface area contributed by atoms with E-state index in [1.807, 2.05) is 36.4 Å². The number of rotatable bonds is 6. The lowest BCUT2D eigenvalue weighted by Gasteiger charge is -2.11. The van der Waals surface area contributed by atoms with E-state index in [2.05, 4.69) is 10.2 Å². The molecule has 0 aliphatic rings. The first kappa shape index (κ1) is 17.7. The highest BCUT2D eigenvalue weighted by molar-refractivity contribution is 7.98. The van der Waals surface area contributed by atoms with Gasteiger partial charge in [-0.3, -0.25) is 0 Å². The van der Waals surface area contributed by atoms with Crippen molar-refractivity contribution in [3.05, 3.63) is 60.2 Å². The summed E-state index contributed by atoms with van der Waals surface area (Å²) in [6.07, 6.45) is 0. The van der Waals surface area contributed by atoms with Crippen molar-refractivity contribution < 1.29 is 12.8 Å². The van der Waals surface area contributed by atoms with E-state index < -0.39 is 10.0 Å². The van der Waals surface area contributed by atoms with E-state index in [0.29, 0.717) is 16.9 Å². The van der Waals surface area contributed by atoms with E-state index in [1.165, 1.54) is 30.2 Å². The molecule has 0 saturated heterocycles. The quantitative estimate of drug-likeness (QED) is 0.616. The van der Waals surface area contributed by atoms with E-state index in [1.54, 1.807) is 18.2 Å². The molecule has 25 heavy (non-hydrogen) atoms. The van der Waals surface area contributed by atoms with Crippen LogP contribution in [0.3, 0.4) is 0 Å². The van der Waals surface area contributed by atoms with Gasteiger partial charge in [-0.25, -0.2) is 12.7 Å². The number of hydrogen-bond donors (Lipinski definition) is 0. The van der Waals surface area contributed by atoms with Crippen LogP contribution < -0.4 is 0 Å². The molecule has 0 radical (unpaired) electrons. The molecule has 0 aliphatic heterocycles. The average molecular weight is 375 g/mol. The van der Waals surface area contributed by atoms with Gasteiger partial charge >= 0.3 is 0 Å². The van der Waals surface area contributed by atoms with Crippen molar-refractivity contribution >= 4 is 21.8 Å². The molecule has 3 aromatic rings. The monoisotopic (exact) mass is 375 g/mol. The molecule has 0 unspecified atom stereocenters. The van der Waals surface area contributed by atoms with Gasteiger partial charge in [-0.15, -0.1) is 10.2 Å². The van der Waals surface area contributed by atoms with Gasteiger partial charge in [-0.05, 0) is 29.8 Å². The second-order valence-electron chi connectivity index (χ2n) is 5.46. The fourth-order valence-electron chi connectivity index (χ4n) is 2.12. The molecule has 0 amide bonds. The summed E-state index contributed by atoms with van der Waals surface area (Å²) >= 11 is 1.37. The number of hydrogen-bond acceptors (Lipinski definition) is 6. The zero-order valence-corrected chi connectivity index (χ0v) is 15.4. The van der Waals surface area contributed by atoms with Crippen molar-refractivity contribution in [2.24, 2.45) is 0 Å². The van der Waals surface area contributed by atoms with Crippen molar-refractivity contribution in [1.82, 2.24) is 14.5 Å². The van der Waals surface area contributed by atoms with Gasteiger partial charge in [0.25, 0.3) is 5.22 Å². The Bertz CT molecular complexity index is 954. The topological polar surface area (TPSA) is 76.3 Å². The number of benzene rings is 2. The summed E-state index contributed by atoms with van der Waals surface area (Å²) in [4.78, 5) is 0.270. The van der Waals surface area contributed by atoms with E-state index in [-0.39, 0.29) is 4.90 Å². The first-order valence-corrected chi connectivity index (χ1v) is 9.92. The van der Waals surface area contributed by atoms with Gasteiger partial charge < -0.3 is 4.42 Å². The van der Waals surface area contributed by atoms with Gasteiger partial charge in [0.05, 0.1) is 4.90 Å². The summed E-state index contributed by atoms with van der Waals surface area (Å²) in [5, 5.41) is 8.51. The Balaban J connectivity index is 1.72. The highest BCUT2D eigenvalue weighted by Crippen LogP contribution is 2.26. The number of aromatic nitrogens is 2. The standard InChI is InChI=1S/C17H17N3O3S2/c1-20(2)25(21,22)15-10-6-7-13(11-15)12-24-17-19-18-16(23-17)14-8-4-3-5-9-14/h3-11H,12H2,1-2H3. The summed E-state index contributed by atoms with van der Waals surface area (Å²) in [5.41, 5.74) is 1.73. The van der Waals surface area contributed by atoms with E-state index in [4.69, 9.17) is 4.42 Å². The van der Waals surface area contributed by atoms with Crippen LogP contribution in [0.4, 0.5) is 0 Å². The second-order valence-corrected chi connectivity index (χ2v) is 8.54. The molecule has 6 nitrogen and oxygen atoms in total. The van der Waals surface area contributed by atoms with Crippen molar-refractivity contribution in [2.45, 2.75) is 15.9 Å². The van der Waals surface area contributed by atoms with Gasteiger partial charge in [-0.2, -0.15) is 0 Å². The van der Waals surface area contributed by atoms with Crippen molar-refractivity contribution in [3.63, 3.8) is 0 Å². The minimum atomic E-state index is -3.44. The molecule has 2 aromatic carbocycles. The highest BCUT2D eigenvalue weighted by Gasteiger charge is 2.17. The summed E-state index contributed by atoms with van der Waals surface area (Å²) in [6, 6.07) is 16.4. The molecule has 0 N–H and O–H groups in total. The molecule has 8 heteroatoms. The summed E-state index contributed by atoms with van der Waals surface area (Å²) in [7, 11) is -0.413. The maximum atomic E-state index is 12.2. The Morgan fingerprint density at radius 3 is 2.52 bits per heavy atom. The first-order chi connectivity index (χ1) is 12.0. The average Bonchev–Trinajstić information content (AvgIpc) is 3.10. The minimum absolute atomic E-state index is 0.270. The van der Waals surface area contributed by atoms with Gasteiger partial charge in [0.1, 0.15) is 0 Å². The van der Waals surface area contributed by atoms with Crippen LogP contribution in [-0.2, 0) is 15.8 Å². The van der Waals surface area contributed by atoms with Crippen LogP contribution in [0.2, 0.25) is 0 Å². The summed E-state index contributed by atoms with van der Waals surface area (Å²) in [5.74, 6) is 1.000. The molecule has 1 aromatic heterocycles. The Kier molecular flexibility index (Phi) is 5.22. The van der Waals surface area contributed by atoms with Crippen molar-refractivity contribution in [2.75, 3.05) is 14.1 Å². The number of sulfonamides is 1. The van der Waals surface area contributed by atoms with Crippen LogP contribution in [0.15, 0.2) is 69.1 Å². The van der Waals surface area contributed by atoms with E-state index in [9.17, 15) is 8.42 Å². The number of thioether (sulfide) groups is 1. The third-order valence-corrected chi connectivity index (χ3v) is 6.17. The van der Waals surface area contributed by atoms with E-state index >= 15 is 0 Å². The molecular weight excluding hydrogens is 358 g/mol. The zero-order chi connectivity index (χ0) is 17.9. The van der Waals surface area contributed by atoms with E-state index in [0.717, 1.165) is 11.1 Å². The molecule has 0 aliphatic carbocycles. The van der Waals surface area contributed by atoms with Gasteiger partial charge in [0, 0.05) is 25.4 Å². The summed E-state index contributed by atoms with van der Waals surface area (Å²) in [6.45, 7) is 0. The molecule has 3 rings (SSSR count). The van der Waals surface area contributed by atoms with Crippen LogP contribution in [0.1, 0.15) is 5.56 Å². The lowest BCUT2D eigenvalue weighted by molar-refractivity contribution is 0.466. The summed E-state index contributed by atoms with van der Waals surface area (Å²) < 4.78 is 31.2. The van der Waals surface area contributed by atoms with Gasteiger partial charge in [-0.1, -0.05) is 42.1 Å². The molecule has 0 fully saturated rings. The smallest absolute Gasteiger partial charge is 0.277 e. The van der Waals surface area contributed by atoms with Gasteiger partial charge in [0.2, 0.25) is 15.9 Å². The fraction of sp³-hybridized carbons (Fsp3) is 0.176. The Hall–Kier alpha value is -2.16. The van der Waals surface area contributed by atoms with Crippen LogP contribution in [0.5, 0.6) is 0 Å². The van der Waals surface area contributed by atoms with Crippen LogP contribution in [0, 0.1) is 0 Å². The predicted octanol–water partition coefficient (Wildman–Crippen LogP) is 3.28. The highest BCUT2D eigenvalue weighted by atomic mass is 32.2. The molecular formula is C17H17N3O3S2. The SMILES string of the molecule is CN(C)S(=O)(=O)c1cccc(CSc2nnc(-c3ccccc3)o2)c1. The Morgan fingerprint density at radius 2 is 1.80 bits per heavy atom. The second kappa shape index (κ2) is 7.38. The van der Waals surface area contributed by atoms with Crippen LogP contribution >= 0.6 is 11.8 Å². The van der Waals surface area contributed by atoms with Crippen molar-refractivity contribution in [3.8, 4) is 11.5 Å². The third-order valence-electron chi connectivity index (χ3n) is 3.47. The lowest BCUT2D eigenvalue weighted by atomic mass is 10.2. The fourth-order valence-corrected chi connectivity index (χ4v) is 3.80. The maximum absolute atomic E-state index is 12.2. The van der Waals surface area contributed by atoms with Crippen molar-refractivity contribution in [1.29, 1.82) is 0 Å². The number of nitrogens with zero attached hydrogens (tertiary/aromatic N) is 3. The minimum Gasteiger partial charge on any atom is -0.411 e.